The van der Waals surface area contributed by atoms with Crippen molar-refractivity contribution in [3.05, 3.63) is 83.9 Å². The molecule has 2 N–H and O–H groups in total. The zero-order valence-electron chi connectivity index (χ0n) is 13.9. The normalized spacial score (nSPS) is 11.6. The number of carbonyl (C=O) groups is 1. The van der Waals surface area contributed by atoms with Crippen LogP contribution in [0.2, 0.25) is 5.02 Å². The summed E-state index contributed by atoms with van der Waals surface area (Å²) in [5.74, 6) is -0.116. The van der Waals surface area contributed by atoms with Crippen LogP contribution >= 0.6 is 11.6 Å². The van der Waals surface area contributed by atoms with E-state index in [1.807, 2.05) is 55.5 Å². The summed E-state index contributed by atoms with van der Waals surface area (Å²) >= 11 is 5.94. The maximum atomic E-state index is 12.3. The zero-order valence-corrected chi connectivity index (χ0v) is 14.6. The summed E-state index contributed by atoms with van der Waals surface area (Å²) in [5.41, 5.74) is 3.89. The standard InChI is InChI=1S/C21H19ClN2O/c1-15(21(25)24-20-9-5-8-18(22)14-20)23-19-12-10-17(11-13-19)16-6-3-2-4-7-16/h2-15,23H,1H3,(H,24,25)/t15-/m0/s1. The first-order chi connectivity index (χ1) is 12.1. The Bertz CT molecular complexity index is 847. The second-order valence-electron chi connectivity index (χ2n) is 5.81. The Balaban J connectivity index is 1.62. The molecule has 4 heteroatoms. The van der Waals surface area contributed by atoms with Gasteiger partial charge < -0.3 is 10.6 Å². The third-order valence-corrected chi connectivity index (χ3v) is 4.10. The topological polar surface area (TPSA) is 41.1 Å². The molecule has 0 bridgehead atoms. The Morgan fingerprint density at radius 2 is 1.52 bits per heavy atom. The van der Waals surface area contributed by atoms with Gasteiger partial charge in [-0.2, -0.15) is 0 Å². The molecular weight excluding hydrogens is 332 g/mol. The number of benzene rings is 3. The Morgan fingerprint density at radius 1 is 0.840 bits per heavy atom. The zero-order chi connectivity index (χ0) is 17.6. The minimum absolute atomic E-state index is 0.116. The first kappa shape index (κ1) is 17.1. The largest absolute Gasteiger partial charge is 0.374 e. The van der Waals surface area contributed by atoms with E-state index >= 15 is 0 Å². The van der Waals surface area contributed by atoms with E-state index in [2.05, 4.69) is 22.8 Å². The van der Waals surface area contributed by atoms with Gasteiger partial charge in [-0.05, 0) is 48.4 Å². The Labute approximate surface area is 152 Å². The van der Waals surface area contributed by atoms with Crippen molar-refractivity contribution in [2.45, 2.75) is 13.0 Å². The molecule has 3 rings (SSSR count). The second kappa shape index (κ2) is 7.86. The molecule has 0 fully saturated rings. The van der Waals surface area contributed by atoms with Crippen molar-refractivity contribution in [3.8, 4) is 11.1 Å². The number of carbonyl (C=O) groups excluding carboxylic acids is 1. The van der Waals surface area contributed by atoms with Gasteiger partial charge in [-0.15, -0.1) is 0 Å². The van der Waals surface area contributed by atoms with E-state index in [1.54, 1.807) is 18.2 Å². The molecule has 3 nitrogen and oxygen atoms in total. The summed E-state index contributed by atoms with van der Waals surface area (Å²) in [6, 6.07) is 25.0. The van der Waals surface area contributed by atoms with Gasteiger partial charge in [-0.25, -0.2) is 0 Å². The number of nitrogens with one attached hydrogen (secondary N) is 2. The van der Waals surface area contributed by atoms with Crippen molar-refractivity contribution >= 4 is 28.9 Å². The third kappa shape index (κ3) is 4.61. The van der Waals surface area contributed by atoms with Gasteiger partial charge in [-0.1, -0.05) is 60.1 Å². The smallest absolute Gasteiger partial charge is 0.246 e. The van der Waals surface area contributed by atoms with Gasteiger partial charge in [-0.3, -0.25) is 4.79 Å². The van der Waals surface area contributed by atoms with E-state index in [4.69, 9.17) is 11.6 Å². The predicted octanol–water partition coefficient (Wildman–Crippen LogP) is 5.45. The van der Waals surface area contributed by atoms with E-state index in [-0.39, 0.29) is 11.9 Å². The number of amides is 1. The van der Waals surface area contributed by atoms with Crippen molar-refractivity contribution in [3.63, 3.8) is 0 Å². The number of anilines is 2. The highest BCUT2D eigenvalue weighted by Gasteiger charge is 2.13. The van der Waals surface area contributed by atoms with Crippen LogP contribution in [-0.4, -0.2) is 11.9 Å². The number of hydrogen-bond acceptors (Lipinski definition) is 2. The van der Waals surface area contributed by atoms with Gasteiger partial charge in [0.25, 0.3) is 0 Å². The highest BCUT2D eigenvalue weighted by molar-refractivity contribution is 6.30. The molecule has 0 aliphatic rings. The summed E-state index contributed by atoms with van der Waals surface area (Å²) in [6.45, 7) is 1.82. The van der Waals surface area contributed by atoms with Gasteiger partial charge in [0.05, 0.1) is 0 Å². The van der Waals surface area contributed by atoms with Gasteiger partial charge in [0, 0.05) is 16.4 Å². The van der Waals surface area contributed by atoms with E-state index in [0.717, 1.165) is 11.3 Å². The molecule has 0 saturated carbocycles. The third-order valence-electron chi connectivity index (χ3n) is 3.86. The van der Waals surface area contributed by atoms with Crippen molar-refractivity contribution < 1.29 is 4.79 Å². The van der Waals surface area contributed by atoms with Crippen LogP contribution in [0.1, 0.15) is 6.92 Å². The summed E-state index contributed by atoms with van der Waals surface area (Å²) in [4.78, 5) is 12.3. The van der Waals surface area contributed by atoms with E-state index in [1.165, 1.54) is 5.56 Å². The van der Waals surface area contributed by atoms with Crippen LogP contribution in [0.3, 0.4) is 0 Å². The summed E-state index contributed by atoms with van der Waals surface area (Å²) < 4.78 is 0. The molecule has 0 saturated heterocycles. The monoisotopic (exact) mass is 350 g/mol. The summed E-state index contributed by atoms with van der Waals surface area (Å²) in [5, 5.41) is 6.66. The van der Waals surface area contributed by atoms with Crippen LogP contribution in [0.5, 0.6) is 0 Å². The van der Waals surface area contributed by atoms with Crippen molar-refractivity contribution in [2.75, 3.05) is 10.6 Å². The molecule has 0 aliphatic carbocycles. The van der Waals surface area contributed by atoms with Crippen LogP contribution in [0.4, 0.5) is 11.4 Å². The lowest BCUT2D eigenvalue weighted by Gasteiger charge is -2.16. The van der Waals surface area contributed by atoms with Crippen molar-refractivity contribution in [1.82, 2.24) is 0 Å². The quantitative estimate of drug-likeness (QED) is 0.642. The minimum Gasteiger partial charge on any atom is -0.374 e. The van der Waals surface area contributed by atoms with Gasteiger partial charge in [0.1, 0.15) is 6.04 Å². The van der Waals surface area contributed by atoms with E-state index < -0.39 is 0 Å². The van der Waals surface area contributed by atoms with Gasteiger partial charge in [0.2, 0.25) is 5.91 Å². The fourth-order valence-electron chi connectivity index (χ4n) is 2.52. The maximum absolute atomic E-state index is 12.3. The molecule has 0 radical (unpaired) electrons. The fraction of sp³-hybridized carbons (Fsp3) is 0.0952. The van der Waals surface area contributed by atoms with Crippen LogP contribution in [0.25, 0.3) is 11.1 Å². The van der Waals surface area contributed by atoms with Crippen LogP contribution in [0.15, 0.2) is 78.9 Å². The minimum atomic E-state index is -0.374. The van der Waals surface area contributed by atoms with Crippen LogP contribution < -0.4 is 10.6 Å². The first-order valence-electron chi connectivity index (χ1n) is 8.10. The molecule has 25 heavy (non-hydrogen) atoms. The predicted molar refractivity (Wildman–Crippen MR) is 105 cm³/mol. The average Bonchev–Trinajstić information content (AvgIpc) is 2.63. The summed E-state index contributed by atoms with van der Waals surface area (Å²) in [7, 11) is 0. The molecule has 3 aromatic carbocycles. The van der Waals surface area contributed by atoms with Crippen molar-refractivity contribution in [1.29, 1.82) is 0 Å². The molecular formula is C21H19ClN2O. The highest BCUT2D eigenvalue weighted by atomic mass is 35.5. The van der Waals surface area contributed by atoms with Gasteiger partial charge >= 0.3 is 0 Å². The lowest BCUT2D eigenvalue weighted by atomic mass is 10.1. The SMILES string of the molecule is C[C@H](Nc1ccc(-c2ccccc2)cc1)C(=O)Nc1cccc(Cl)c1. The number of rotatable bonds is 5. The molecule has 0 unspecified atom stereocenters. The van der Waals surface area contributed by atoms with Crippen molar-refractivity contribution in [2.24, 2.45) is 0 Å². The van der Waals surface area contributed by atoms with E-state index in [0.29, 0.717) is 10.7 Å². The number of hydrogen-bond donors (Lipinski definition) is 2. The molecule has 0 aliphatic heterocycles. The van der Waals surface area contributed by atoms with Crippen LogP contribution in [-0.2, 0) is 4.79 Å². The highest BCUT2D eigenvalue weighted by Crippen LogP contribution is 2.21. The summed E-state index contributed by atoms with van der Waals surface area (Å²) in [6.07, 6.45) is 0. The Hall–Kier alpha value is -2.78. The lowest BCUT2D eigenvalue weighted by molar-refractivity contribution is -0.116. The molecule has 1 atom stereocenters. The number of halogens is 1. The molecule has 126 valence electrons. The molecule has 0 aromatic heterocycles. The molecule has 0 heterocycles. The first-order valence-corrected chi connectivity index (χ1v) is 8.48. The molecule has 1 amide bonds. The molecule has 0 spiro atoms. The van der Waals surface area contributed by atoms with Gasteiger partial charge in [0.15, 0.2) is 0 Å². The Morgan fingerprint density at radius 3 is 2.20 bits per heavy atom. The lowest BCUT2D eigenvalue weighted by Crippen LogP contribution is -2.31. The second-order valence-corrected chi connectivity index (χ2v) is 6.25. The maximum Gasteiger partial charge on any atom is 0.246 e. The van der Waals surface area contributed by atoms with E-state index in [9.17, 15) is 4.79 Å². The van der Waals surface area contributed by atoms with Crippen LogP contribution in [0, 0.1) is 0 Å². The Kier molecular flexibility index (Phi) is 5.36. The average molecular weight is 351 g/mol. The molecule has 3 aromatic rings. The fourth-order valence-corrected chi connectivity index (χ4v) is 2.71.